The molecule has 1 heterocycles. The first-order chi connectivity index (χ1) is 12.9. The summed E-state index contributed by atoms with van der Waals surface area (Å²) in [6.07, 6.45) is -0.437. The largest absolute Gasteiger partial charge is 0.416 e. The standard InChI is InChI=1S/C21H28ClF3N2O/c1-19(2,3)6-9-27-10-7-20(8-11-27)13-17(20)26-18(28)15-12-14(21(23,24)25)4-5-16(15)22/h4-5,12,17H,6-11,13H2,1-3H3,(H,26,28)/t17-/m0/s1. The summed E-state index contributed by atoms with van der Waals surface area (Å²) in [7, 11) is 0. The molecule has 1 N–H and O–H groups in total. The van der Waals surface area contributed by atoms with Crippen molar-refractivity contribution in [3.8, 4) is 0 Å². The van der Waals surface area contributed by atoms with E-state index in [4.69, 9.17) is 11.6 Å². The van der Waals surface area contributed by atoms with Crippen LogP contribution in [0.1, 0.15) is 62.4 Å². The number of hydrogen-bond acceptors (Lipinski definition) is 2. The van der Waals surface area contributed by atoms with Crippen LogP contribution >= 0.6 is 11.6 Å². The Morgan fingerprint density at radius 3 is 2.46 bits per heavy atom. The summed E-state index contributed by atoms with van der Waals surface area (Å²) in [4.78, 5) is 15.0. The van der Waals surface area contributed by atoms with Crippen LogP contribution in [-0.4, -0.2) is 36.5 Å². The fourth-order valence-corrected chi connectivity index (χ4v) is 4.13. The average Bonchev–Trinajstić information content (AvgIpc) is 3.24. The number of amides is 1. The second-order valence-corrected chi connectivity index (χ2v) is 9.84. The monoisotopic (exact) mass is 416 g/mol. The van der Waals surface area contributed by atoms with Crippen molar-refractivity contribution in [2.24, 2.45) is 10.8 Å². The number of carbonyl (C=O) groups is 1. The molecule has 2 fully saturated rings. The van der Waals surface area contributed by atoms with Crippen molar-refractivity contribution in [3.05, 3.63) is 34.3 Å². The highest BCUT2D eigenvalue weighted by Gasteiger charge is 2.55. The fraction of sp³-hybridized carbons (Fsp3) is 0.667. The Morgan fingerprint density at radius 2 is 1.89 bits per heavy atom. The third-order valence-corrected chi connectivity index (χ3v) is 6.39. The molecule has 7 heteroatoms. The zero-order chi connectivity index (χ0) is 20.7. The molecular formula is C21H28ClF3N2O. The Bertz CT molecular complexity index is 734. The molecule has 1 spiro atoms. The van der Waals surface area contributed by atoms with Crippen LogP contribution in [-0.2, 0) is 6.18 Å². The molecule has 0 aromatic heterocycles. The summed E-state index contributed by atoms with van der Waals surface area (Å²) in [6, 6.07) is 2.89. The summed E-state index contributed by atoms with van der Waals surface area (Å²) in [6.45, 7) is 9.81. The second kappa shape index (κ2) is 7.52. The summed E-state index contributed by atoms with van der Waals surface area (Å²) in [5, 5.41) is 2.95. The van der Waals surface area contributed by atoms with Gasteiger partial charge in [-0.3, -0.25) is 4.79 Å². The van der Waals surface area contributed by atoms with E-state index in [-0.39, 0.29) is 22.0 Å². The SMILES string of the molecule is CC(C)(C)CCN1CCC2(CC1)C[C@@H]2NC(=O)c1cc(C(F)(F)F)ccc1Cl. The van der Waals surface area contributed by atoms with Crippen LogP contribution in [0.5, 0.6) is 0 Å². The minimum Gasteiger partial charge on any atom is -0.349 e. The molecule has 156 valence electrons. The van der Waals surface area contributed by atoms with Crippen LogP contribution in [0, 0.1) is 10.8 Å². The molecule has 1 amide bonds. The van der Waals surface area contributed by atoms with E-state index in [0.717, 1.165) is 63.5 Å². The van der Waals surface area contributed by atoms with Crippen molar-refractivity contribution < 1.29 is 18.0 Å². The number of piperidine rings is 1. The number of nitrogens with zero attached hydrogens (tertiary/aromatic N) is 1. The zero-order valence-corrected chi connectivity index (χ0v) is 17.4. The van der Waals surface area contributed by atoms with Crippen LogP contribution in [0.3, 0.4) is 0 Å². The molecule has 1 aliphatic heterocycles. The predicted octanol–water partition coefficient (Wildman–Crippen LogP) is 5.38. The predicted molar refractivity (Wildman–Crippen MR) is 105 cm³/mol. The maximum Gasteiger partial charge on any atom is 0.416 e. The first-order valence-corrected chi connectivity index (χ1v) is 10.2. The van der Waals surface area contributed by atoms with Crippen molar-refractivity contribution >= 4 is 17.5 Å². The second-order valence-electron chi connectivity index (χ2n) is 9.44. The summed E-state index contributed by atoms with van der Waals surface area (Å²) >= 11 is 5.98. The Kier molecular flexibility index (Phi) is 5.76. The smallest absolute Gasteiger partial charge is 0.349 e. The third-order valence-electron chi connectivity index (χ3n) is 6.06. The van der Waals surface area contributed by atoms with Gasteiger partial charge in [-0.2, -0.15) is 13.2 Å². The van der Waals surface area contributed by atoms with Gasteiger partial charge in [-0.15, -0.1) is 0 Å². The molecule has 28 heavy (non-hydrogen) atoms. The summed E-state index contributed by atoms with van der Waals surface area (Å²) in [5.74, 6) is -0.520. The maximum atomic E-state index is 12.9. The van der Waals surface area contributed by atoms with E-state index in [1.54, 1.807) is 0 Å². The van der Waals surface area contributed by atoms with Gasteiger partial charge in [-0.25, -0.2) is 0 Å². The molecule has 1 aromatic carbocycles. The van der Waals surface area contributed by atoms with Gasteiger partial charge in [0.15, 0.2) is 0 Å². The number of benzene rings is 1. The topological polar surface area (TPSA) is 32.3 Å². The van der Waals surface area contributed by atoms with Crippen LogP contribution in [0.4, 0.5) is 13.2 Å². The van der Waals surface area contributed by atoms with Crippen molar-refractivity contribution in [3.63, 3.8) is 0 Å². The third kappa shape index (κ3) is 5.01. The average molecular weight is 417 g/mol. The van der Waals surface area contributed by atoms with E-state index in [1.807, 2.05) is 0 Å². The Morgan fingerprint density at radius 1 is 1.25 bits per heavy atom. The van der Waals surface area contributed by atoms with Crippen LogP contribution < -0.4 is 5.32 Å². The molecular weight excluding hydrogens is 389 g/mol. The molecule has 1 aromatic rings. The highest BCUT2D eigenvalue weighted by molar-refractivity contribution is 6.33. The van der Waals surface area contributed by atoms with Gasteiger partial charge in [0.25, 0.3) is 5.91 Å². The van der Waals surface area contributed by atoms with Crippen LogP contribution in [0.2, 0.25) is 5.02 Å². The molecule has 1 saturated heterocycles. The summed E-state index contributed by atoms with van der Waals surface area (Å²) in [5.41, 5.74) is -0.557. The lowest BCUT2D eigenvalue weighted by Crippen LogP contribution is -2.39. The minimum atomic E-state index is -4.50. The van der Waals surface area contributed by atoms with Crippen molar-refractivity contribution in [1.29, 1.82) is 0 Å². The lowest BCUT2D eigenvalue weighted by Gasteiger charge is -2.34. The van der Waals surface area contributed by atoms with Gasteiger partial charge in [0.2, 0.25) is 0 Å². The molecule has 0 bridgehead atoms. The van der Waals surface area contributed by atoms with Crippen molar-refractivity contribution in [1.82, 2.24) is 10.2 Å². The molecule has 0 radical (unpaired) electrons. The summed E-state index contributed by atoms with van der Waals surface area (Å²) < 4.78 is 38.8. The first kappa shape index (κ1) is 21.4. The van der Waals surface area contributed by atoms with Crippen LogP contribution in [0.25, 0.3) is 0 Å². The number of rotatable bonds is 4. The van der Waals surface area contributed by atoms with E-state index in [9.17, 15) is 18.0 Å². The fourth-order valence-electron chi connectivity index (χ4n) is 3.93. The quantitative estimate of drug-likeness (QED) is 0.714. The zero-order valence-electron chi connectivity index (χ0n) is 16.6. The van der Waals surface area contributed by atoms with E-state index >= 15 is 0 Å². The van der Waals surface area contributed by atoms with Crippen LogP contribution in [0.15, 0.2) is 18.2 Å². The number of halogens is 4. The highest BCUT2D eigenvalue weighted by Crippen LogP contribution is 2.54. The first-order valence-electron chi connectivity index (χ1n) is 9.80. The van der Waals surface area contributed by atoms with Gasteiger partial charge in [-0.1, -0.05) is 32.4 Å². The normalized spacial score (nSPS) is 22.3. The van der Waals surface area contributed by atoms with Gasteiger partial charge in [-0.05, 0) is 74.3 Å². The number of likely N-dealkylation sites (tertiary alicyclic amines) is 1. The molecule has 0 unspecified atom stereocenters. The lowest BCUT2D eigenvalue weighted by atomic mass is 9.89. The van der Waals surface area contributed by atoms with Gasteiger partial charge in [0, 0.05) is 6.04 Å². The number of nitrogens with one attached hydrogen (secondary N) is 1. The molecule has 1 aliphatic carbocycles. The minimum absolute atomic E-state index is 0.0235. The number of hydrogen-bond donors (Lipinski definition) is 1. The van der Waals surface area contributed by atoms with Gasteiger partial charge in [0.05, 0.1) is 16.1 Å². The van der Waals surface area contributed by atoms with Gasteiger partial charge in [0.1, 0.15) is 0 Å². The maximum absolute atomic E-state index is 12.9. The number of alkyl halides is 3. The van der Waals surface area contributed by atoms with E-state index in [2.05, 4.69) is 31.0 Å². The number of carbonyl (C=O) groups excluding carboxylic acids is 1. The molecule has 3 nitrogen and oxygen atoms in total. The highest BCUT2D eigenvalue weighted by atomic mass is 35.5. The Balaban J connectivity index is 1.55. The van der Waals surface area contributed by atoms with E-state index < -0.39 is 17.6 Å². The van der Waals surface area contributed by atoms with E-state index in [1.165, 1.54) is 0 Å². The van der Waals surface area contributed by atoms with E-state index in [0.29, 0.717) is 5.41 Å². The van der Waals surface area contributed by atoms with Crippen molar-refractivity contribution in [2.75, 3.05) is 19.6 Å². The Hall–Kier alpha value is -1.27. The Labute approximate surface area is 169 Å². The molecule has 2 aliphatic rings. The molecule has 3 rings (SSSR count). The lowest BCUT2D eigenvalue weighted by molar-refractivity contribution is -0.137. The van der Waals surface area contributed by atoms with Gasteiger partial charge < -0.3 is 10.2 Å². The van der Waals surface area contributed by atoms with Crippen molar-refractivity contribution in [2.45, 2.75) is 58.7 Å². The molecule has 1 saturated carbocycles. The molecule has 1 atom stereocenters. The van der Waals surface area contributed by atoms with Gasteiger partial charge >= 0.3 is 6.18 Å².